The average molecular weight is 249 g/mol. The highest BCUT2D eigenvalue weighted by atomic mass is 16.5. The summed E-state index contributed by atoms with van der Waals surface area (Å²) < 4.78 is 5.50. The Bertz CT molecular complexity index is 380. The summed E-state index contributed by atoms with van der Waals surface area (Å²) in [6.45, 7) is 2.82. The van der Waals surface area contributed by atoms with Gasteiger partial charge >= 0.3 is 5.97 Å². The molecule has 1 aliphatic heterocycles. The molecule has 4 nitrogen and oxygen atoms in total. The molecule has 1 saturated heterocycles. The van der Waals surface area contributed by atoms with Gasteiger partial charge in [-0.05, 0) is 12.0 Å². The molecule has 18 heavy (non-hydrogen) atoms. The Kier molecular flexibility index (Phi) is 4.73. The number of nitrogens with zero attached hydrogens (tertiary/aromatic N) is 1. The van der Waals surface area contributed by atoms with Crippen molar-refractivity contribution >= 4 is 5.97 Å². The monoisotopic (exact) mass is 249 g/mol. The molecule has 0 aromatic heterocycles. The number of ether oxygens (including phenoxy) is 1. The van der Waals surface area contributed by atoms with Crippen LogP contribution in [0.5, 0.6) is 0 Å². The third-order valence-corrected chi connectivity index (χ3v) is 3.28. The number of benzene rings is 1. The van der Waals surface area contributed by atoms with E-state index in [2.05, 4.69) is 17.0 Å². The molecule has 1 N–H and O–H groups in total. The van der Waals surface area contributed by atoms with Crippen molar-refractivity contribution in [2.45, 2.75) is 18.9 Å². The number of hydrogen-bond acceptors (Lipinski definition) is 3. The van der Waals surface area contributed by atoms with Gasteiger partial charge in [0.05, 0.1) is 19.6 Å². The predicted molar refractivity (Wildman–Crippen MR) is 68.6 cm³/mol. The lowest BCUT2D eigenvalue weighted by atomic mass is 10.0. The van der Waals surface area contributed by atoms with Crippen molar-refractivity contribution in [3.05, 3.63) is 35.9 Å². The van der Waals surface area contributed by atoms with E-state index in [-0.39, 0.29) is 6.42 Å². The van der Waals surface area contributed by atoms with Gasteiger partial charge in [0.2, 0.25) is 0 Å². The topological polar surface area (TPSA) is 49.8 Å². The fraction of sp³-hybridized carbons (Fsp3) is 0.500. The number of hydrogen-bond donors (Lipinski definition) is 1. The fourth-order valence-electron chi connectivity index (χ4n) is 2.30. The zero-order valence-electron chi connectivity index (χ0n) is 10.4. The first-order valence-corrected chi connectivity index (χ1v) is 6.33. The van der Waals surface area contributed by atoms with Crippen LogP contribution in [0.15, 0.2) is 30.3 Å². The fourth-order valence-corrected chi connectivity index (χ4v) is 2.30. The van der Waals surface area contributed by atoms with Crippen LogP contribution in [0.3, 0.4) is 0 Å². The number of morpholine rings is 1. The van der Waals surface area contributed by atoms with Crippen LogP contribution in [-0.4, -0.2) is 48.3 Å². The van der Waals surface area contributed by atoms with E-state index in [4.69, 9.17) is 9.84 Å². The Morgan fingerprint density at radius 3 is 2.89 bits per heavy atom. The smallest absolute Gasteiger partial charge is 0.304 e. The van der Waals surface area contributed by atoms with Crippen molar-refractivity contribution in [1.29, 1.82) is 0 Å². The van der Waals surface area contributed by atoms with Crippen LogP contribution in [0.4, 0.5) is 0 Å². The summed E-state index contributed by atoms with van der Waals surface area (Å²) in [7, 11) is 0. The van der Waals surface area contributed by atoms with Crippen LogP contribution in [0.2, 0.25) is 0 Å². The predicted octanol–water partition coefficient (Wildman–Crippen LogP) is 1.40. The molecule has 1 unspecified atom stereocenters. The number of carbonyl (C=O) groups is 1. The minimum absolute atomic E-state index is 0.200. The zero-order chi connectivity index (χ0) is 12.8. The lowest BCUT2D eigenvalue weighted by molar-refractivity contribution is -0.137. The van der Waals surface area contributed by atoms with E-state index in [1.807, 2.05) is 18.2 Å². The van der Waals surface area contributed by atoms with Crippen molar-refractivity contribution in [3.63, 3.8) is 0 Å². The van der Waals surface area contributed by atoms with E-state index in [1.54, 1.807) is 0 Å². The number of aliphatic carboxylic acids is 1. The second kappa shape index (κ2) is 6.52. The highest BCUT2D eigenvalue weighted by Crippen LogP contribution is 2.13. The van der Waals surface area contributed by atoms with Gasteiger partial charge in [0.1, 0.15) is 0 Å². The zero-order valence-corrected chi connectivity index (χ0v) is 10.4. The Hall–Kier alpha value is -1.39. The van der Waals surface area contributed by atoms with Crippen molar-refractivity contribution in [2.24, 2.45) is 0 Å². The molecule has 0 spiro atoms. The second-order valence-electron chi connectivity index (χ2n) is 4.60. The first-order chi connectivity index (χ1) is 8.75. The summed E-state index contributed by atoms with van der Waals surface area (Å²) in [6.07, 6.45) is 1.12. The van der Waals surface area contributed by atoms with Crippen molar-refractivity contribution < 1.29 is 14.6 Å². The molecular formula is C14H19NO3. The molecule has 1 atom stereocenters. The van der Waals surface area contributed by atoms with Crippen LogP contribution < -0.4 is 0 Å². The van der Waals surface area contributed by atoms with Crippen LogP contribution in [-0.2, 0) is 16.0 Å². The van der Waals surface area contributed by atoms with Crippen LogP contribution in [0.25, 0.3) is 0 Å². The van der Waals surface area contributed by atoms with Crippen molar-refractivity contribution in [3.8, 4) is 0 Å². The molecule has 0 saturated carbocycles. The summed E-state index contributed by atoms with van der Waals surface area (Å²) in [5.74, 6) is -0.736. The summed E-state index contributed by atoms with van der Waals surface area (Å²) in [6, 6.07) is 10.6. The molecule has 0 aliphatic carbocycles. The maximum absolute atomic E-state index is 10.6. The molecule has 98 valence electrons. The maximum atomic E-state index is 10.6. The molecule has 2 rings (SSSR count). The van der Waals surface area contributed by atoms with Gasteiger partial charge in [-0.1, -0.05) is 30.3 Å². The molecule has 0 bridgehead atoms. The quantitative estimate of drug-likeness (QED) is 0.857. The SMILES string of the molecule is O=C(O)CCN1CCOCC1Cc1ccccc1. The molecule has 0 amide bonds. The minimum atomic E-state index is -0.736. The summed E-state index contributed by atoms with van der Waals surface area (Å²) in [5, 5.41) is 8.76. The van der Waals surface area contributed by atoms with Gasteiger partial charge in [-0.3, -0.25) is 9.69 Å². The van der Waals surface area contributed by atoms with Crippen LogP contribution >= 0.6 is 0 Å². The van der Waals surface area contributed by atoms with E-state index < -0.39 is 5.97 Å². The first kappa shape index (κ1) is 13.1. The molecule has 4 heteroatoms. The third-order valence-electron chi connectivity index (χ3n) is 3.28. The van der Waals surface area contributed by atoms with Gasteiger partial charge in [-0.2, -0.15) is 0 Å². The Morgan fingerprint density at radius 1 is 1.39 bits per heavy atom. The Morgan fingerprint density at radius 2 is 2.17 bits per heavy atom. The molecular weight excluding hydrogens is 230 g/mol. The molecule has 1 aromatic rings. The Balaban J connectivity index is 1.93. The summed E-state index contributed by atoms with van der Waals surface area (Å²) in [5.41, 5.74) is 1.27. The normalized spacial score (nSPS) is 20.8. The first-order valence-electron chi connectivity index (χ1n) is 6.33. The van der Waals surface area contributed by atoms with Crippen LogP contribution in [0.1, 0.15) is 12.0 Å². The minimum Gasteiger partial charge on any atom is -0.481 e. The van der Waals surface area contributed by atoms with E-state index >= 15 is 0 Å². The highest BCUT2D eigenvalue weighted by molar-refractivity contribution is 5.66. The van der Waals surface area contributed by atoms with E-state index in [1.165, 1.54) is 5.56 Å². The number of carboxylic acids is 1. The van der Waals surface area contributed by atoms with Gasteiger partial charge in [0, 0.05) is 19.1 Å². The Labute approximate surface area is 107 Å². The lowest BCUT2D eigenvalue weighted by Crippen LogP contribution is -2.47. The highest BCUT2D eigenvalue weighted by Gasteiger charge is 2.23. The molecule has 0 radical (unpaired) electrons. The molecule has 1 aromatic carbocycles. The average Bonchev–Trinajstić information content (AvgIpc) is 2.39. The molecule has 1 fully saturated rings. The summed E-state index contributed by atoms with van der Waals surface area (Å²) in [4.78, 5) is 12.9. The van der Waals surface area contributed by atoms with E-state index in [0.29, 0.717) is 25.8 Å². The molecule has 1 heterocycles. The van der Waals surface area contributed by atoms with E-state index in [0.717, 1.165) is 13.0 Å². The van der Waals surface area contributed by atoms with Gasteiger partial charge in [0.25, 0.3) is 0 Å². The van der Waals surface area contributed by atoms with Gasteiger partial charge in [0.15, 0.2) is 0 Å². The summed E-state index contributed by atoms with van der Waals surface area (Å²) >= 11 is 0. The maximum Gasteiger partial charge on any atom is 0.304 e. The van der Waals surface area contributed by atoms with E-state index in [9.17, 15) is 4.79 Å². The van der Waals surface area contributed by atoms with Crippen LogP contribution in [0, 0.1) is 0 Å². The number of carboxylic acid groups (broad SMARTS) is 1. The van der Waals surface area contributed by atoms with Gasteiger partial charge < -0.3 is 9.84 Å². The second-order valence-corrected chi connectivity index (χ2v) is 4.60. The van der Waals surface area contributed by atoms with Gasteiger partial charge in [-0.25, -0.2) is 0 Å². The molecule has 1 aliphatic rings. The standard InChI is InChI=1S/C14H19NO3/c16-14(17)6-7-15-8-9-18-11-13(15)10-12-4-2-1-3-5-12/h1-5,13H,6-11H2,(H,16,17). The van der Waals surface area contributed by atoms with Crippen molar-refractivity contribution in [1.82, 2.24) is 4.90 Å². The van der Waals surface area contributed by atoms with Gasteiger partial charge in [-0.15, -0.1) is 0 Å². The largest absolute Gasteiger partial charge is 0.481 e. The third kappa shape index (κ3) is 3.82. The number of rotatable bonds is 5. The lowest BCUT2D eigenvalue weighted by Gasteiger charge is -2.35. The van der Waals surface area contributed by atoms with Crippen molar-refractivity contribution in [2.75, 3.05) is 26.3 Å².